The van der Waals surface area contributed by atoms with Gasteiger partial charge in [0.15, 0.2) is 5.65 Å². The van der Waals surface area contributed by atoms with Crippen molar-refractivity contribution >= 4 is 17.4 Å². The van der Waals surface area contributed by atoms with Crippen molar-refractivity contribution in [3.05, 3.63) is 48.4 Å². The van der Waals surface area contributed by atoms with Crippen LogP contribution in [0, 0.1) is 11.7 Å². The Bertz CT molecular complexity index is 921. The lowest BCUT2D eigenvalue weighted by Gasteiger charge is -2.20. The van der Waals surface area contributed by atoms with Crippen molar-refractivity contribution in [1.82, 2.24) is 14.6 Å². The van der Waals surface area contributed by atoms with E-state index in [1.165, 1.54) is 12.1 Å². The van der Waals surface area contributed by atoms with Gasteiger partial charge in [-0.2, -0.15) is 9.61 Å². The first-order valence-electron chi connectivity index (χ1n) is 8.28. The molecule has 4 rings (SSSR count). The van der Waals surface area contributed by atoms with Gasteiger partial charge in [-0.25, -0.2) is 9.37 Å². The molecule has 0 saturated heterocycles. The molecular formula is C18H18FN5O. The molecule has 3 N–H and O–H groups in total. The molecule has 0 unspecified atom stereocenters. The number of carbonyl (C=O) groups excluding carboxylic acids is 1. The Balaban J connectivity index is 1.73. The van der Waals surface area contributed by atoms with Crippen LogP contribution in [0.15, 0.2) is 42.6 Å². The normalized spacial score (nSPS) is 20.0. The van der Waals surface area contributed by atoms with E-state index in [9.17, 15) is 9.18 Å². The monoisotopic (exact) mass is 339 g/mol. The molecule has 1 aliphatic carbocycles. The standard InChI is InChI=1S/C18H18FN5O/c19-12-6-4-11(5-7-12)15-10-17(24-16(23-15)8-9-21-24)22-14-3-1-2-13(14)18(20)25/h4-10,13-14,22H,1-3H2,(H2,20,25)/t13-,14+/m1/s1. The molecule has 25 heavy (non-hydrogen) atoms. The van der Waals surface area contributed by atoms with Gasteiger partial charge in [-0.15, -0.1) is 0 Å². The number of primary amides is 1. The van der Waals surface area contributed by atoms with Gasteiger partial charge in [0.25, 0.3) is 0 Å². The van der Waals surface area contributed by atoms with Gasteiger partial charge >= 0.3 is 0 Å². The van der Waals surface area contributed by atoms with Gasteiger partial charge in [0.2, 0.25) is 5.91 Å². The van der Waals surface area contributed by atoms with Gasteiger partial charge < -0.3 is 11.1 Å². The van der Waals surface area contributed by atoms with Crippen LogP contribution < -0.4 is 11.1 Å². The van der Waals surface area contributed by atoms with Crippen LogP contribution in [0.5, 0.6) is 0 Å². The smallest absolute Gasteiger partial charge is 0.222 e. The van der Waals surface area contributed by atoms with Crippen molar-refractivity contribution in [2.45, 2.75) is 25.3 Å². The summed E-state index contributed by atoms with van der Waals surface area (Å²) in [6.07, 6.45) is 4.31. The number of anilines is 1. The number of fused-ring (bicyclic) bond motifs is 1. The highest BCUT2D eigenvalue weighted by Crippen LogP contribution is 2.30. The summed E-state index contributed by atoms with van der Waals surface area (Å²) >= 11 is 0. The van der Waals surface area contributed by atoms with E-state index in [0.717, 1.165) is 30.6 Å². The van der Waals surface area contributed by atoms with Gasteiger partial charge in [0.05, 0.1) is 17.8 Å². The van der Waals surface area contributed by atoms with Crippen LogP contribution in [-0.4, -0.2) is 26.5 Å². The van der Waals surface area contributed by atoms with E-state index in [-0.39, 0.29) is 23.7 Å². The molecule has 2 atom stereocenters. The summed E-state index contributed by atoms with van der Waals surface area (Å²) in [7, 11) is 0. The summed E-state index contributed by atoms with van der Waals surface area (Å²) in [6.45, 7) is 0. The van der Waals surface area contributed by atoms with E-state index in [1.54, 1.807) is 28.9 Å². The van der Waals surface area contributed by atoms with E-state index in [2.05, 4.69) is 15.4 Å². The lowest BCUT2D eigenvalue weighted by molar-refractivity contribution is -0.121. The maximum Gasteiger partial charge on any atom is 0.222 e. The maximum atomic E-state index is 13.2. The Labute approximate surface area is 143 Å². The third kappa shape index (κ3) is 2.93. The van der Waals surface area contributed by atoms with E-state index in [1.807, 2.05) is 6.07 Å². The summed E-state index contributed by atoms with van der Waals surface area (Å²) in [4.78, 5) is 16.2. The summed E-state index contributed by atoms with van der Waals surface area (Å²) in [5.74, 6) is -0.0113. The van der Waals surface area contributed by atoms with Crippen molar-refractivity contribution < 1.29 is 9.18 Å². The molecule has 3 aromatic rings. The molecule has 1 aromatic carbocycles. The number of benzene rings is 1. The predicted molar refractivity (Wildman–Crippen MR) is 92.3 cm³/mol. The summed E-state index contributed by atoms with van der Waals surface area (Å²) in [5, 5.41) is 7.70. The quantitative estimate of drug-likeness (QED) is 0.765. The fraction of sp³-hybridized carbons (Fsp3) is 0.278. The van der Waals surface area contributed by atoms with Gasteiger partial charge in [0, 0.05) is 23.7 Å². The first-order valence-corrected chi connectivity index (χ1v) is 8.28. The number of nitrogens with two attached hydrogens (primary N) is 1. The van der Waals surface area contributed by atoms with Crippen LogP contribution in [0.25, 0.3) is 16.9 Å². The SMILES string of the molecule is NC(=O)[C@@H]1CCC[C@@H]1Nc1cc(-c2ccc(F)cc2)nc2ccnn12. The zero-order valence-corrected chi connectivity index (χ0v) is 13.5. The molecule has 0 spiro atoms. The Hall–Kier alpha value is -2.96. The molecule has 0 radical (unpaired) electrons. The van der Waals surface area contributed by atoms with Crippen molar-refractivity contribution in [2.75, 3.05) is 5.32 Å². The van der Waals surface area contributed by atoms with E-state index < -0.39 is 0 Å². The van der Waals surface area contributed by atoms with Gasteiger partial charge in [-0.05, 0) is 37.1 Å². The number of amides is 1. The number of nitrogens with zero attached hydrogens (tertiary/aromatic N) is 3. The molecule has 2 aromatic heterocycles. The molecule has 128 valence electrons. The summed E-state index contributed by atoms with van der Waals surface area (Å²) < 4.78 is 14.9. The lowest BCUT2D eigenvalue weighted by atomic mass is 10.0. The minimum absolute atomic E-state index is 0.0200. The largest absolute Gasteiger partial charge is 0.369 e. The molecule has 0 aliphatic heterocycles. The van der Waals surface area contributed by atoms with Crippen LogP contribution in [0.4, 0.5) is 10.2 Å². The van der Waals surface area contributed by atoms with Crippen LogP contribution in [0.2, 0.25) is 0 Å². The number of rotatable bonds is 4. The molecule has 1 amide bonds. The van der Waals surface area contributed by atoms with Crippen molar-refractivity contribution in [3.8, 4) is 11.3 Å². The number of nitrogens with one attached hydrogen (secondary N) is 1. The minimum Gasteiger partial charge on any atom is -0.369 e. The average molecular weight is 339 g/mol. The van der Waals surface area contributed by atoms with Crippen LogP contribution in [0.3, 0.4) is 0 Å². The second kappa shape index (κ2) is 6.16. The Kier molecular flexibility index (Phi) is 3.83. The topological polar surface area (TPSA) is 85.3 Å². The highest BCUT2D eigenvalue weighted by molar-refractivity contribution is 5.78. The first-order chi connectivity index (χ1) is 12.1. The second-order valence-electron chi connectivity index (χ2n) is 6.33. The van der Waals surface area contributed by atoms with Gasteiger partial charge in [-0.1, -0.05) is 6.42 Å². The predicted octanol–water partition coefficient (Wildman–Crippen LogP) is 2.60. The van der Waals surface area contributed by atoms with Crippen molar-refractivity contribution in [3.63, 3.8) is 0 Å². The number of hydrogen-bond donors (Lipinski definition) is 2. The minimum atomic E-state index is -0.289. The first kappa shape index (κ1) is 15.6. The molecule has 2 heterocycles. The van der Waals surface area contributed by atoms with Gasteiger partial charge in [-0.3, -0.25) is 4.79 Å². The summed E-state index contributed by atoms with van der Waals surface area (Å²) in [6, 6.07) is 9.84. The number of hydrogen-bond acceptors (Lipinski definition) is 4. The molecule has 1 aliphatic rings. The van der Waals surface area contributed by atoms with Crippen molar-refractivity contribution in [1.29, 1.82) is 0 Å². The molecular weight excluding hydrogens is 321 g/mol. The van der Waals surface area contributed by atoms with E-state index in [0.29, 0.717) is 11.3 Å². The molecule has 0 bridgehead atoms. The lowest BCUT2D eigenvalue weighted by Crippen LogP contribution is -2.34. The highest BCUT2D eigenvalue weighted by Gasteiger charge is 2.32. The Morgan fingerprint density at radius 2 is 2.04 bits per heavy atom. The third-order valence-electron chi connectivity index (χ3n) is 4.71. The summed E-state index contributed by atoms with van der Waals surface area (Å²) in [5.41, 5.74) is 7.72. The van der Waals surface area contributed by atoms with Crippen LogP contribution in [0.1, 0.15) is 19.3 Å². The Morgan fingerprint density at radius 3 is 2.80 bits per heavy atom. The van der Waals surface area contributed by atoms with Crippen molar-refractivity contribution in [2.24, 2.45) is 11.7 Å². The number of carbonyl (C=O) groups is 1. The van der Waals surface area contributed by atoms with Crippen LogP contribution in [-0.2, 0) is 4.79 Å². The van der Waals surface area contributed by atoms with E-state index in [4.69, 9.17) is 5.73 Å². The Morgan fingerprint density at radius 1 is 1.24 bits per heavy atom. The van der Waals surface area contributed by atoms with Gasteiger partial charge in [0.1, 0.15) is 11.6 Å². The highest BCUT2D eigenvalue weighted by atomic mass is 19.1. The zero-order valence-electron chi connectivity index (χ0n) is 13.5. The fourth-order valence-electron chi connectivity index (χ4n) is 3.45. The molecule has 6 nitrogen and oxygen atoms in total. The zero-order chi connectivity index (χ0) is 17.4. The number of aromatic nitrogens is 3. The molecule has 7 heteroatoms. The molecule has 1 fully saturated rings. The molecule has 1 saturated carbocycles. The second-order valence-corrected chi connectivity index (χ2v) is 6.33. The van der Waals surface area contributed by atoms with E-state index >= 15 is 0 Å². The van der Waals surface area contributed by atoms with Crippen LogP contribution >= 0.6 is 0 Å². The maximum absolute atomic E-state index is 13.2. The number of halogens is 1. The fourth-order valence-corrected chi connectivity index (χ4v) is 3.45. The average Bonchev–Trinajstić information content (AvgIpc) is 3.24. The third-order valence-corrected chi connectivity index (χ3v) is 4.71.